The molecule has 4 aromatic carbocycles. The Kier molecular flexibility index (Phi) is 5.77. The topological polar surface area (TPSA) is 89.9 Å². The molecular weight excluding hydrogens is 440 g/mol. The van der Waals surface area contributed by atoms with Gasteiger partial charge in [0.05, 0.1) is 11.6 Å². The van der Waals surface area contributed by atoms with E-state index in [1.165, 1.54) is 17.0 Å². The largest absolute Gasteiger partial charge is 0.508 e. The minimum Gasteiger partial charge on any atom is -0.508 e. The van der Waals surface area contributed by atoms with E-state index in [9.17, 15) is 19.8 Å². The number of ketones is 1. The molecular formula is C29H22N2O4. The second-order valence-electron chi connectivity index (χ2n) is 8.16. The van der Waals surface area contributed by atoms with Crippen molar-refractivity contribution in [1.82, 2.24) is 0 Å². The molecule has 5 rings (SSSR count). The van der Waals surface area contributed by atoms with Crippen LogP contribution in [0.15, 0.2) is 115 Å². The number of carbonyl (C=O) groups excluding carboxylic acids is 2. The average Bonchev–Trinajstić information content (AvgIpc) is 3.16. The molecule has 0 radical (unpaired) electrons. The van der Waals surface area contributed by atoms with E-state index >= 15 is 0 Å². The lowest BCUT2D eigenvalue weighted by atomic mass is 9.95. The first-order valence-electron chi connectivity index (χ1n) is 11.1. The third-order valence-corrected chi connectivity index (χ3v) is 5.91. The van der Waals surface area contributed by atoms with Crippen LogP contribution in [-0.2, 0) is 9.59 Å². The number of hydrogen-bond donors (Lipinski definition) is 3. The van der Waals surface area contributed by atoms with Gasteiger partial charge >= 0.3 is 0 Å². The summed E-state index contributed by atoms with van der Waals surface area (Å²) in [5.74, 6) is -1.68. The van der Waals surface area contributed by atoms with Gasteiger partial charge in [-0.2, -0.15) is 0 Å². The predicted octanol–water partition coefficient (Wildman–Crippen LogP) is 5.76. The van der Waals surface area contributed by atoms with Crippen molar-refractivity contribution in [2.24, 2.45) is 0 Å². The van der Waals surface area contributed by atoms with Crippen molar-refractivity contribution < 1.29 is 19.8 Å². The van der Waals surface area contributed by atoms with Crippen LogP contribution in [-0.4, -0.2) is 21.9 Å². The zero-order valence-electron chi connectivity index (χ0n) is 18.6. The molecule has 4 aromatic rings. The van der Waals surface area contributed by atoms with Gasteiger partial charge in [0.1, 0.15) is 11.5 Å². The number of rotatable bonds is 5. The highest BCUT2D eigenvalue weighted by Gasteiger charge is 2.46. The van der Waals surface area contributed by atoms with E-state index in [4.69, 9.17) is 0 Å². The number of nitrogens with zero attached hydrogens (tertiary/aromatic N) is 1. The molecule has 1 aliphatic heterocycles. The summed E-state index contributed by atoms with van der Waals surface area (Å²) in [6.45, 7) is 0. The van der Waals surface area contributed by atoms with Gasteiger partial charge in [-0.05, 0) is 54.1 Å². The maximum atomic E-state index is 13.2. The van der Waals surface area contributed by atoms with Gasteiger partial charge < -0.3 is 15.5 Å². The summed E-state index contributed by atoms with van der Waals surface area (Å²) >= 11 is 0. The molecule has 1 atom stereocenters. The highest BCUT2D eigenvalue weighted by molar-refractivity contribution is 6.51. The van der Waals surface area contributed by atoms with E-state index in [0.717, 1.165) is 11.4 Å². The van der Waals surface area contributed by atoms with E-state index in [1.54, 1.807) is 54.6 Å². The monoisotopic (exact) mass is 462 g/mol. The van der Waals surface area contributed by atoms with Crippen LogP contribution >= 0.6 is 0 Å². The predicted molar refractivity (Wildman–Crippen MR) is 135 cm³/mol. The molecule has 1 saturated heterocycles. The van der Waals surface area contributed by atoms with Crippen molar-refractivity contribution in [3.8, 4) is 5.75 Å². The summed E-state index contributed by atoms with van der Waals surface area (Å²) in [5.41, 5.74) is 3.28. The molecule has 1 fully saturated rings. The summed E-state index contributed by atoms with van der Waals surface area (Å²) in [6.07, 6.45) is 0. The number of aliphatic hydroxyl groups is 1. The minimum absolute atomic E-state index is 0.00150. The van der Waals surface area contributed by atoms with Crippen molar-refractivity contribution in [2.75, 3.05) is 10.2 Å². The number of para-hydroxylation sites is 1. The Morgan fingerprint density at radius 1 is 0.714 bits per heavy atom. The van der Waals surface area contributed by atoms with Crippen LogP contribution in [0.1, 0.15) is 17.2 Å². The van der Waals surface area contributed by atoms with Crippen molar-refractivity contribution in [3.05, 3.63) is 126 Å². The maximum absolute atomic E-state index is 13.2. The maximum Gasteiger partial charge on any atom is 0.300 e. The van der Waals surface area contributed by atoms with E-state index in [1.807, 2.05) is 42.5 Å². The number of nitrogens with one attached hydrogen (secondary N) is 1. The van der Waals surface area contributed by atoms with Gasteiger partial charge in [0.15, 0.2) is 0 Å². The van der Waals surface area contributed by atoms with Crippen LogP contribution in [0, 0.1) is 0 Å². The summed E-state index contributed by atoms with van der Waals surface area (Å²) in [6, 6.07) is 30.9. The van der Waals surface area contributed by atoms with E-state index in [-0.39, 0.29) is 17.1 Å². The highest BCUT2D eigenvalue weighted by Crippen LogP contribution is 2.42. The number of hydrogen-bond acceptors (Lipinski definition) is 5. The van der Waals surface area contributed by atoms with Crippen molar-refractivity contribution >= 4 is 34.5 Å². The number of phenols is 1. The van der Waals surface area contributed by atoms with Gasteiger partial charge in [-0.3, -0.25) is 14.5 Å². The lowest BCUT2D eigenvalue weighted by molar-refractivity contribution is -0.132. The molecule has 3 N–H and O–H groups in total. The fourth-order valence-corrected chi connectivity index (χ4v) is 4.22. The second kappa shape index (κ2) is 9.19. The molecule has 1 aliphatic rings. The molecule has 172 valence electrons. The van der Waals surface area contributed by atoms with Gasteiger partial charge in [0, 0.05) is 22.6 Å². The van der Waals surface area contributed by atoms with Crippen LogP contribution in [0.5, 0.6) is 5.75 Å². The number of phenolic OH excluding ortho intramolecular Hbond substituents is 1. The lowest BCUT2D eigenvalue weighted by Crippen LogP contribution is -2.29. The molecule has 6 heteroatoms. The Bertz CT molecular complexity index is 1400. The van der Waals surface area contributed by atoms with Gasteiger partial charge in [0.25, 0.3) is 11.7 Å². The van der Waals surface area contributed by atoms with Crippen LogP contribution in [0.2, 0.25) is 0 Å². The second-order valence-corrected chi connectivity index (χ2v) is 8.16. The zero-order valence-corrected chi connectivity index (χ0v) is 18.6. The van der Waals surface area contributed by atoms with Gasteiger partial charge in [-0.1, -0.05) is 60.7 Å². The van der Waals surface area contributed by atoms with Gasteiger partial charge in [-0.15, -0.1) is 0 Å². The number of aliphatic hydroxyl groups excluding tert-OH is 1. The first-order chi connectivity index (χ1) is 17.0. The standard InChI is InChI=1S/C29H22N2O4/c32-24-17-11-19(12-18-24)26-25(27(33)20-7-3-1-4-8-20)28(34)29(35)31(26)23-15-13-22(14-16-23)30-21-9-5-2-6-10-21/h1-18,26,30,32-33H/b27-25+. The third-order valence-electron chi connectivity index (χ3n) is 5.91. The summed E-state index contributed by atoms with van der Waals surface area (Å²) < 4.78 is 0. The number of carbonyl (C=O) groups is 2. The molecule has 0 spiro atoms. The van der Waals surface area contributed by atoms with Crippen LogP contribution in [0.3, 0.4) is 0 Å². The molecule has 0 bridgehead atoms. The number of benzene rings is 4. The Balaban J connectivity index is 1.58. The first kappa shape index (κ1) is 22.0. The normalized spacial score (nSPS) is 16.9. The number of Topliss-reactive ketones (excluding diaryl/α,β-unsaturated/α-hetero) is 1. The zero-order chi connectivity index (χ0) is 24.4. The highest BCUT2D eigenvalue weighted by atomic mass is 16.3. The van der Waals surface area contributed by atoms with Crippen LogP contribution in [0.4, 0.5) is 17.1 Å². The van der Waals surface area contributed by atoms with E-state index in [2.05, 4.69) is 5.32 Å². The van der Waals surface area contributed by atoms with Crippen LogP contribution < -0.4 is 10.2 Å². The molecule has 1 amide bonds. The molecule has 0 aromatic heterocycles. The Labute approximate surface area is 202 Å². The molecule has 1 heterocycles. The van der Waals surface area contributed by atoms with Crippen molar-refractivity contribution in [3.63, 3.8) is 0 Å². The summed E-state index contributed by atoms with van der Waals surface area (Å²) in [4.78, 5) is 27.8. The summed E-state index contributed by atoms with van der Waals surface area (Å²) in [5, 5.41) is 24.2. The summed E-state index contributed by atoms with van der Waals surface area (Å²) in [7, 11) is 0. The van der Waals surface area contributed by atoms with Crippen molar-refractivity contribution in [1.29, 1.82) is 0 Å². The lowest BCUT2D eigenvalue weighted by Gasteiger charge is -2.25. The quantitative estimate of drug-likeness (QED) is 0.199. The molecule has 35 heavy (non-hydrogen) atoms. The molecule has 0 aliphatic carbocycles. The number of anilines is 3. The van der Waals surface area contributed by atoms with Crippen molar-refractivity contribution in [2.45, 2.75) is 6.04 Å². The van der Waals surface area contributed by atoms with Gasteiger partial charge in [0.2, 0.25) is 0 Å². The molecule has 0 saturated carbocycles. The van der Waals surface area contributed by atoms with Gasteiger partial charge in [-0.25, -0.2) is 0 Å². The fraction of sp³-hybridized carbons (Fsp3) is 0.0345. The number of aromatic hydroxyl groups is 1. The van der Waals surface area contributed by atoms with E-state index < -0.39 is 17.7 Å². The fourth-order valence-electron chi connectivity index (χ4n) is 4.22. The number of amides is 1. The smallest absolute Gasteiger partial charge is 0.300 e. The minimum atomic E-state index is -0.858. The Hall–Kier alpha value is -4.84. The Morgan fingerprint density at radius 2 is 1.29 bits per heavy atom. The molecule has 6 nitrogen and oxygen atoms in total. The SMILES string of the molecule is O=C1C(=O)N(c2ccc(Nc3ccccc3)cc2)C(c2ccc(O)cc2)/C1=C(\O)c1ccccc1. The van der Waals surface area contributed by atoms with Crippen LogP contribution in [0.25, 0.3) is 5.76 Å². The third kappa shape index (κ3) is 4.25. The average molecular weight is 463 g/mol. The van der Waals surface area contributed by atoms with E-state index in [0.29, 0.717) is 16.8 Å². The molecule has 1 unspecified atom stereocenters. The Morgan fingerprint density at radius 3 is 1.91 bits per heavy atom. The first-order valence-corrected chi connectivity index (χ1v) is 11.1.